The minimum Gasteiger partial charge on any atom is -0.0996 e. The van der Waals surface area contributed by atoms with Crippen LogP contribution in [-0.4, -0.2) is 0 Å². The maximum atomic E-state index is 4.15. The second kappa shape index (κ2) is 2.51. The van der Waals surface area contributed by atoms with E-state index in [4.69, 9.17) is 0 Å². The van der Waals surface area contributed by atoms with Crippen LogP contribution in [-0.2, 0) is 0 Å². The summed E-state index contributed by atoms with van der Waals surface area (Å²) < 4.78 is 0. The number of allylic oxidation sites excluding steroid dienone is 2. The molecule has 0 aromatic heterocycles. The van der Waals surface area contributed by atoms with Crippen molar-refractivity contribution in [3.05, 3.63) is 24.3 Å². The maximum absolute atomic E-state index is 4.15. The van der Waals surface area contributed by atoms with Crippen LogP contribution in [0.3, 0.4) is 0 Å². The van der Waals surface area contributed by atoms with Crippen LogP contribution < -0.4 is 0 Å². The summed E-state index contributed by atoms with van der Waals surface area (Å²) in [5.74, 6) is 1.69. The predicted octanol–water partition coefficient (Wildman–Crippen LogP) is 3.31. The molecule has 0 aromatic carbocycles. The van der Waals surface area contributed by atoms with Crippen LogP contribution in [0.5, 0.6) is 0 Å². The summed E-state index contributed by atoms with van der Waals surface area (Å²) in [4.78, 5) is 0. The molecular formula is C11H16. The van der Waals surface area contributed by atoms with Crippen LogP contribution in [0, 0.1) is 11.8 Å². The van der Waals surface area contributed by atoms with E-state index in [1.54, 1.807) is 0 Å². The lowest BCUT2D eigenvalue weighted by molar-refractivity contribution is 0.612. The van der Waals surface area contributed by atoms with E-state index in [-0.39, 0.29) is 0 Å². The molecule has 2 rings (SSSR count). The fraction of sp³-hybridized carbons (Fsp3) is 0.636. The molecular weight excluding hydrogens is 132 g/mol. The summed E-state index contributed by atoms with van der Waals surface area (Å²) in [5, 5.41) is 0. The van der Waals surface area contributed by atoms with E-state index in [0.29, 0.717) is 0 Å². The average Bonchev–Trinajstić information content (AvgIpc) is 2.42. The van der Waals surface area contributed by atoms with Crippen molar-refractivity contribution in [2.75, 3.05) is 0 Å². The van der Waals surface area contributed by atoms with Crippen LogP contribution in [0.1, 0.15) is 32.1 Å². The van der Waals surface area contributed by atoms with E-state index in [2.05, 4.69) is 13.2 Å². The zero-order valence-corrected chi connectivity index (χ0v) is 7.10. The molecule has 0 N–H and O–H groups in total. The minimum absolute atomic E-state index is 0.847. The lowest BCUT2D eigenvalue weighted by atomic mass is 9.95. The molecule has 0 heterocycles. The summed E-state index contributed by atoms with van der Waals surface area (Å²) in [7, 11) is 0. The standard InChI is InChI=1S/C11H16/c1-8-3-4-9(2)11-6-5-10(8)7-11/h10-11H,1-7H2. The minimum atomic E-state index is 0.847. The van der Waals surface area contributed by atoms with Gasteiger partial charge in [0.2, 0.25) is 0 Å². The largest absolute Gasteiger partial charge is 0.0996 e. The quantitative estimate of drug-likeness (QED) is 0.462. The Labute approximate surface area is 69.0 Å². The number of hydrogen-bond acceptors (Lipinski definition) is 0. The molecule has 0 aromatic rings. The average molecular weight is 148 g/mol. The van der Waals surface area contributed by atoms with Gasteiger partial charge in [-0.2, -0.15) is 0 Å². The maximum Gasteiger partial charge on any atom is -0.0200 e. The second-order valence-corrected chi connectivity index (χ2v) is 4.02. The Balaban J connectivity index is 2.20. The van der Waals surface area contributed by atoms with Crippen molar-refractivity contribution in [3.63, 3.8) is 0 Å². The number of hydrogen-bond donors (Lipinski definition) is 0. The third-order valence-corrected chi connectivity index (χ3v) is 3.35. The summed E-state index contributed by atoms with van der Waals surface area (Å²) >= 11 is 0. The van der Waals surface area contributed by atoms with E-state index in [0.717, 1.165) is 11.8 Å². The van der Waals surface area contributed by atoms with Crippen molar-refractivity contribution < 1.29 is 0 Å². The molecule has 0 nitrogen and oxygen atoms in total. The molecule has 2 fully saturated rings. The monoisotopic (exact) mass is 148 g/mol. The summed E-state index contributed by atoms with van der Waals surface area (Å²) in [6.45, 7) is 8.29. The zero-order chi connectivity index (χ0) is 7.84. The molecule has 2 atom stereocenters. The fourth-order valence-corrected chi connectivity index (χ4v) is 2.45. The third kappa shape index (κ3) is 1.15. The first-order valence-electron chi connectivity index (χ1n) is 4.62. The van der Waals surface area contributed by atoms with Gasteiger partial charge in [0.25, 0.3) is 0 Å². The van der Waals surface area contributed by atoms with Gasteiger partial charge in [-0.3, -0.25) is 0 Å². The molecule has 0 saturated heterocycles. The molecule has 2 aliphatic carbocycles. The highest BCUT2D eigenvalue weighted by molar-refractivity contribution is 5.16. The van der Waals surface area contributed by atoms with Crippen LogP contribution in [0.25, 0.3) is 0 Å². The summed E-state index contributed by atoms with van der Waals surface area (Å²) in [5.41, 5.74) is 2.98. The molecule has 2 aliphatic rings. The molecule has 0 radical (unpaired) electrons. The van der Waals surface area contributed by atoms with E-state index in [1.807, 2.05) is 0 Å². The Bertz CT molecular complexity index is 178. The first-order chi connectivity index (χ1) is 5.27. The fourth-order valence-electron chi connectivity index (χ4n) is 2.45. The highest BCUT2D eigenvalue weighted by atomic mass is 14.4. The van der Waals surface area contributed by atoms with Gasteiger partial charge in [-0.15, -0.1) is 0 Å². The Morgan fingerprint density at radius 3 is 1.82 bits per heavy atom. The summed E-state index contributed by atoms with van der Waals surface area (Å²) in [6.07, 6.45) is 6.53. The van der Waals surface area contributed by atoms with Crippen LogP contribution in [0.15, 0.2) is 24.3 Å². The second-order valence-electron chi connectivity index (χ2n) is 4.02. The Morgan fingerprint density at radius 1 is 0.909 bits per heavy atom. The third-order valence-electron chi connectivity index (χ3n) is 3.35. The van der Waals surface area contributed by atoms with Crippen molar-refractivity contribution in [1.29, 1.82) is 0 Å². The molecule has 0 spiro atoms. The van der Waals surface area contributed by atoms with Crippen molar-refractivity contribution in [2.45, 2.75) is 32.1 Å². The van der Waals surface area contributed by atoms with Crippen molar-refractivity contribution >= 4 is 0 Å². The van der Waals surface area contributed by atoms with Crippen molar-refractivity contribution in [1.82, 2.24) is 0 Å². The molecule has 0 aliphatic heterocycles. The molecule has 2 unspecified atom stereocenters. The predicted molar refractivity (Wildman–Crippen MR) is 48.3 cm³/mol. The number of rotatable bonds is 0. The van der Waals surface area contributed by atoms with Gasteiger partial charge >= 0.3 is 0 Å². The zero-order valence-electron chi connectivity index (χ0n) is 7.10. The molecule has 0 heteroatoms. The van der Waals surface area contributed by atoms with E-state index in [9.17, 15) is 0 Å². The van der Waals surface area contributed by atoms with E-state index in [1.165, 1.54) is 43.3 Å². The SMILES string of the molecule is C=C1CCC(=C)C2CCC1C2. The van der Waals surface area contributed by atoms with Crippen molar-refractivity contribution in [2.24, 2.45) is 11.8 Å². The van der Waals surface area contributed by atoms with Gasteiger partial charge < -0.3 is 0 Å². The lowest BCUT2D eigenvalue weighted by Crippen LogP contribution is -1.95. The Kier molecular flexibility index (Phi) is 1.63. The van der Waals surface area contributed by atoms with Crippen molar-refractivity contribution in [3.8, 4) is 0 Å². The Morgan fingerprint density at radius 2 is 1.36 bits per heavy atom. The van der Waals surface area contributed by atoms with Crippen LogP contribution in [0.4, 0.5) is 0 Å². The van der Waals surface area contributed by atoms with Gasteiger partial charge in [-0.1, -0.05) is 24.3 Å². The summed E-state index contributed by atoms with van der Waals surface area (Å²) in [6, 6.07) is 0. The van der Waals surface area contributed by atoms with E-state index < -0.39 is 0 Å². The van der Waals surface area contributed by atoms with Gasteiger partial charge in [0.05, 0.1) is 0 Å². The highest BCUT2D eigenvalue weighted by Gasteiger charge is 2.30. The molecule has 60 valence electrons. The van der Waals surface area contributed by atoms with Gasteiger partial charge in [-0.25, -0.2) is 0 Å². The van der Waals surface area contributed by atoms with E-state index >= 15 is 0 Å². The Hall–Kier alpha value is -0.520. The molecule has 11 heavy (non-hydrogen) atoms. The van der Waals surface area contributed by atoms with Gasteiger partial charge in [0.15, 0.2) is 0 Å². The first kappa shape index (κ1) is 7.15. The van der Waals surface area contributed by atoms with Gasteiger partial charge in [0.1, 0.15) is 0 Å². The smallest absolute Gasteiger partial charge is 0.0200 e. The first-order valence-corrected chi connectivity index (χ1v) is 4.62. The topological polar surface area (TPSA) is 0 Å². The van der Waals surface area contributed by atoms with Gasteiger partial charge in [-0.05, 0) is 43.9 Å². The van der Waals surface area contributed by atoms with Crippen LogP contribution >= 0.6 is 0 Å². The molecule has 0 amide bonds. The number of fused-ring (bicyclic) bond motifs is 2. The highest BCUT2D eigenvalue weighted by Crippen LogP contribution is 2.44. The lowest BCUT2D eigenvalue weighted by Gasteiger charge is -2.11. The normalized spacial score (nSPS) is 37.5. The van der Waals surface area contributed by atoms with Gasteiger partial charge in [0, 0.05) is 0 Å². The molecule has 2 saturated carbocycles. The molecule has 2 bridgehead atoms. The van der Waals surface area contributed by atoms with Crippen LogP contribution in [0.2, 0.25) is 0 Å².